The van der Waals surface area contributed by atoms with Gasteiger partial charge in [0, 0.05) is 53.9 Å². The Hall–Kier alpha value is -10.8. The fourth-order valence-corrected chi connectivity index (χ4v) is 13.1. The van der Waals surface area contributed by atoms with E-state index in [-0.39, 0.29) is 11.1 Å². The van der Waals surface area contributed by atoms with Gasteiger partial charge >= 0.3 is 0 Å². The second kappa shape index (κ2) is 14.9. The molecule has 8 nitrogen and oxygen atoms in total. The van der Waals surface area contributed by atoms with Crippen LogP contribution in [0.3, 0.4) is 0 Å². The van der Waals surface area contributed by atoms with Crippen molar-refractivity contribution in [3.8, 4) is 34.9 Å². The van der Waals surface area contributed by atoms with E-state index in [0.717, 1.165) is 142 Å². The predicted molar refractivity (Wildman–Crippen MR) is 308 cm³/mol. The second-order valence-electron chi connectivity index (χ2n) is 19.7. The third-order valence-corrected chi connectivity index (χ3v) is 16.0. The maximum atomic E-state index is 12.4. The molecule has 0 bridgehead atoms. The number of rotatable bonds is 4. The van der Waals surface area contributed by atoms with E-state index in [1.54, 1.807) is 0 Å². The van der Waals surface area contributed by atoms with Crippen LogP contribution in [0.2, 0.25) is 0 Å². The highest BCUT2D eigenvalue weighted by Gasteiger charge is 2.35. The highest BCUT2D eigenvalue weighted by Crippen LogP contribution is 2.51. The summed E-state index contributed by atoms with van der Waals surface area (Å²) in [6.45, 7) is 0. The average Bonchev–Trinajstić information content (AvgIpc) is 4.44. The SMILES string of the molecule is N#Cc1c(C#N)c(-n2c3ccccc3c3c4oc5ccccc5c4ccc32)c(-n2c3ccccc3c3ccccc32)c(-n2c3ccccc3c3ccccc32)c1-n1c2ccccc2c2c3oc4ccccc4c3ccc21. The van der Waals surface area contributed by atoms with Gasteiger partial charge in [-0.25, -0.2) is 0 Å². The highest BCUT2D eigenvalue weighted by atomic mass is 16.3. The minimum atomic E-state index is 0.224. The van der Waals surface area contributed by atoms with E-state index in [1.807, 2.05) is 48.5 Å². The standard InChI is InChI=1S/C68H36N6O2/c69-37-49-50(38-70)64(74-56-30-14-6-24-48(56)62-58(74)36-34-46-44-22-8-16-32-60(44)76-68(46)62)66(72-53-27-11-3-19-41(53)42-20-4-12-28-54(42)72)65(71-51-25-9-1-17-39(51)40-18-2-10-26-52(40)71)63(49)73-55-29-13-5-23-47(55)61-57(73)35-33-45-43-21-7-15-31-59(43)75-67(45)61/h1-36H. The Balaban J connectivity index is 1.19. The van der Waals surface area contributed by atoms with Crippen molar-refractivity contribution in [2.75, 3.05) is 0 Å². The van der Waals surface area contributed by atoms with Crippen molar-refractivity contribution < 1.29 is 8.83 Å². The van der Waals surface area contributed by atoms with Gasteiger partial charge in [-0.1, -0.05) is 146 Å². The van der Waals surface area contributed by atoms with Gasteiger partial charge in [-0.05, 0) is 72.8 Å². The molecule has 350 valence electrons. The Morgan fingerprint density at radius 1 is 0.250 bits per heavy atom. The summed E-state index contributed by atoms with van der Waals surface area (Å²) in [7, 11) is 0. The maximum Gasteiger partial charge on any atom is 0.145 e. The molecule has 0 aliphatic carbocycles. The molecule has 0 aliphatic rings. The summed E-state index contributed by atoms with van der Waals surface area (Å²) in [5, 5.41) is 36.7. The topological polar surface area (TPSA) is 93.6 Å². The fraction of sp³-hybridized carbons (Fsp3) is 0. The molecule has 0 N–H and O–H groups in total. The van der Waals surface area contributed by atoms with E-state index >= 15 is 0 Å². The number of nitrogens with zero attached hydrogens (tertiary/aromatic N) is 6. The van der Waals surface area contributed by atoms with Crippen LogP contribution in [0, 0.1) is 22.7 Å². The van der Waals surface area contributed by atoms with Crippen LogP contribution < -0.4 is 0 Å². The van der Waals surface area contributed by atoms with E-state index in [0.29, 0.717) is 11.4 Å². The van der Waals surface area contributed by atoms with E-state index in [4.69, 9.17) is 8.83 Å². The molecule has 0 spiro atoms. The lowest BCUT2D eigenvalue weighted by Gasteiger charge is -2.27. The van der Waals surface area contributed by atoms with Crippen molar-refractivity contribution in [3.63, 3.8) is 0 Å². The molecule has 17 rings (SSSR count). The number of benzene rings is 11. The van der Waals surface area contributed by atoms with Crippen LogP contribution in [0.5, 0.6) is 0 Å². The molecular weight excluding hydrogens is 933 g/mol. The normalized spacial score (nSPS) is 12.2. The van der Waals surface area contributed by atoms with Crippen LogP contribution in [0.15, 0.2) is 227 Å². The second-order valence-corrected chi connectivity index (χ2v) is 19.7. The van der Waals surface area contributed by atoms with Gasteiger partial charge in [0.15, 0.2) is 0 Å². The van der Waals surface area contributed by atoms with Crippen LogP contribution in [0.25, 0.3) is 154 Å². The Morgan fingerprint density at radius 2 is 0.526 bits per heavy atom. The summed E-state index contributed by atoms with van der Waals surface area (Å²) in [6, 6.07) is 81.2. The van der Waals surface area contributed by atoms with Crippen molar-refractivity contribution in [1.82, 2.24) is 18.3 Å². The first-order valence-corrected chi connectivity index (χ1v) is 25.4. The van der Waals surface area contributed by atoms with Crippen molar-refractivity contribution in [2.24, 2.45) is 0 Å². The van der Waals surface area contributed by atoms with Crippen LogP contribution in [0.1, 0.15) is 11.1 Å². The van der Waals surface area contributed by atoms with Gasteiger partial charge in [0.2, 0.25) is 0 Å². The minimum absolute atomic E-state index is 0.224. The summed E-state index contributed by atoms with van der Waals surface area (Å²) in [5.74, 6) is 0. The molecule has 0 unspecified atom stereocenters. The molecule has 0 amide bonds. The summed E-state index contributed by atoms with van der Waals surface area (Å²) < 4.78 is 22.9. The Bertz CT molecular complexity index is 5070. The van der Waals surface area contributed by atoms with E-state index in [2.05, 4.69) is 200 Å². The number of para-hydroxylation sites is 8. The minimum Gasteiger partial charge on any atom is -0.455 e. The van der Waals surface area contributed by atoms with Crippen molar-refractivity contribution in [3.05, 3.63) is 230 Å². The lowest BCUT2D eigenvalue weighted by atomic mass is 9.98. The van der Waals surface area contributed by atoms with E-state index < -0.39 is 0 Å². The first-order valence-electron chi connectivity index (χ1n) is 25.4. The number of furan rings is 2. The third-order valence-electron chi connectivity index (χ3n) is 16.0. The number of hydrogen-bond acceptors (Lipinski definition) is 4. The molecular formula is C68H36N6O2. The summed E-state index contributed by atoms with van der Waals surface area (Å²) >= 11 is 0. The molecule has 11 aromatic carbocycles. The molecule has 0 aliphatic heterocycles. The molecule has 6 aromatic heterocycles. The smallest absolute Gasteiger partial charge is 0.145 e. The van der Waals surface area contributed by atoms with Gasteiger partial charge in [-0.15, -0.1) is 0 Å². The molecule has 0 radical (unpaired) electrons. The van der Waals surface area contributed by atoms with Crippen molar-refractivity contribution in [2.45, 2.75) is 0 Å². The lowest BCUT2D eigenvalue weighted by Crippen LogP contribution is -2.17. The lowest BCUT2D eigenvalue weighted by molar-refractivity contribution is 0.672. The molecule has 0 saturated heterocycles. The number of hydrogen-bond donors (Lipinski definition) is 0. The van der Waals surface area contributed by atoms with Crippen LogP contribution in [-0.2, 0) is 0 Å². The number of fused-ring (bicyclic) bond motifs is 20. The summed E-state index contributed by atoms with van der Waals surface area (Å²) in [5.41, 5.74) is 13.3. The van der Waals surface area contributed by atoms with E-state index in [1.165, 1.54) is 0 Å². The monoisotopic (exact) mass is 968 g/mol. The van der Waals surface area contributed by atoms with Gasteiger partial charge in [0.25, 0.3) is 0 Å². The zero-order valence-electron chi connectivity index (χ0n) is 40.3. The molecule has 17 aromatic rings. The maximum absolute atomic E-state index is 12.4. The molecule has 0 saturated carbocycles. The number of nitriles is 2. The van der Waals surface area contributed by atoms with Gasteiger partial charge < -0.3 is 27.1 Å². The Labute approximate surface area is 431 Å². The summed E-state index contributed by atoms with van der Waals surface area (Å²) in [6.07, 6.45) is 0. The van der Waals surface area contributed by atoms with E-state index in [9.17, 15) is 10.5 Å². The first-order chi connectivity index (χ1) is 37.7. The van der Waals surface area contributed by atoms with Gasteiger partial charge in [-0.2, -0.15) is 10.5 Å². The van der Waals surface area contributed by atoms with Crippen molar-refractivity contribution in [1.29, 1.82) is 10.5 Å². The fourth-order valence-electron chi connectivity index (χ4n) is 13.1. The third kappa shape index (κ3) is 5.09. The van der Waals surface area contributed by atoms with Gasteiger partial charge in [0.1, 0.15) is 34.5 Å². The zero-order valence-corrected chi connectivity index (χ0v) is 40.3. The molecule has 0 atom stereocenters. The highest BCUT2D eigenvalue weighted by molar-refractivity contribution is 6.26. The quantitative estimate of drug-likeness (QED) is 0.176. The Kier molecular flexibility index (Phi) is 7.99. The average molecular weight is 969 g/mol. The zero-order chi connectivity index (χ0) is 49.9. The van der Waals surface area contributed by atoms with Crippen LogP contribution in [-0.4, -0.2) is 18.3 Å². The predicted octanol–water partition coefficient (Wildman–Crippen LogP) is 17.6. The molecule has 76 heavy (non-hydrogen) atoms. The van der Waals surface area contributed by atoms with Crippen LogP contribution >= 0.6 is 0 Å². The number of aromatic nitrogens is 4. The molecule has 6 heterocycles. The Morgan fingerprint density at radius 3 is 0.868 bits per heavy atom. The largest absolute Gasteiger partial charge is 0.455 e. The van der Waals surface area contributed by atoms with Gasteiger partial charge in [0.05, 0.1) is 88.8 Å². The summed E-state index contributed by atoms with van der Waals surface area (Å²) in [4.78, 5) is 0. The molecule has 8 heteroatoms. The van der Waals surface area contributed by atoms with Gasteiger partial charge in [-0.3, -0.25) is 0 Å². The molecule has 0 fully saturated rings. The van der Waals surface area contributed by atoms with Crippen molar-refractivity contribution >= 4 is 131 Å². The first kappa shape index (κ1) is 40.8. The van der Waals surface area contributed by atoms with Crippen LogP contribution in [0.4, 0.5) is 0 Å².